The molecule has 1 fully saturated rings. The molecule has 3 atom stereocenters. The van der Waals surface area contributed by atoms with E-state index in [1.165, 1.54) is 7.11 Å². The highest BCUT2D eigenvalue weighted by molar-refractivity contribution is 5.85. The molecule has 2 heterocycles. The molecule has 2 aromatic rings. The van der Waals surface area contributed by atoms with Gasteiger partial charge in [-0.15, -0.1) is 0 Å². The monoisotopic (exact) mass is 414 g/mol. The van der Waals surface area contributed by atoms with Crippen molar-refractivity contribution in [3.05, 3.63) is 29.3 Å². The Bertz CT molecular complexity index is 1030. The second-order valence-corrected chi connectivity index (χ2v) is 7.52. The van der Waals surface area contributed by atoms with Gasteiger partial charge in [-0.25, -0.2) is 0 Å². The maximum atomic E-state index is 12.5. The van der Waals surface area contributed by atoms with E-state index in [0.29, 0.717) is 40.7 Å². The van der Waals surface area contributed by atoms with E-state index in [0.717, 1.165) is 16.7 Å². The van der Waals surface area contributed by atoms with Crippen LogP contribution in [-0.2, 0) is 16.0 Å². The number of fused-ring (bicyclic) bond motifs is 5. The number of methoxy groups -OCH3 is 3. The van der Waals surface area contributed by atoms with Crippen molar-refractivity contribution in [2.24, 2.45) is 11.8 Å². The molecule has 158 valence electrons. The minimum atomic E-state index is -0.920. The standard InChI is InChI=1S/C22H22O8/c1-25-17-5-10-4-13-14(8-28-22(13)24)19(23)12-7-16-15(29-9-30-16)6-11(12)18(10)21(27-3)20(17)26-2/h5-7,13-14,19,23H,4,8-9H2,1-3H3/t13-,14+,19+/m1/s1. The van der Waals surface area contributed by atoms with Crippen molar-refractivity contribution >= 4 is 5.97 Å². The van der Waals surface area contributed by atoms with E-state index in [1.54, 1.807) is 20.3 Å². The molecule has 8 nitrogen and oxygen atoms in total. The number of cyclic esters (lactones) is 1. The Labute approximate surface area is 173 Å². The summed E-state index contributed by atoms with van der Waals surface area (Å²) in [6, 6.07) is 5.46. The van der Waals surface area contributed by atoms with Crippen LogP contribution >= 0.6 is 0 Å². The van der Waals surface area contributed by atoms with E-state index in [4.69, 9.17) is 28.4 Å². The van der Waals surface area contributed by atoms with Crippen molar-refractivity contribution in [1.29, 1.82) is 0 Å². The van der Waals surface area contributed by atoms with E-state index >= 15 is 0 Å². The Hall–Kier alpha value is -3.13. The van der Waals surface area contributed by atoms with Crippen LogP contribution in [0.25, 0.3) is 11.1 Å². The third-order valence-electron chi connectivity index (χ3n) is 6.13. The summed E-state index contributed by atoms with van der Waals surface area (Å²) in [5.41, 5.74) is 2.92. The number of aliphatic hydroxyl groups excluding tert-OH is 1. The van der Waals surface area contributed by atoms with Crippen LogP contribution in [0.4, 0.5) is 0 Å². The zero-order valence-corrected chi connectivity index (χ0v) is 16.9. The SMILES string of the molecule is COc1cc2c(c(OC)c1OC)-c1cc3c(cc1[C@H](O)[C@H]1COC(=O)[C@@H]1C2)OCO3. The number of carbonyl (C=O) groups excluding carboxylic acids is 1. The highest BCUT2D eigenvalue weighted by Crippen LogP contribution is 2.54. The first kappa shape index (κ1) is 18.9. The fourth-order valence-corrected chi connectivity index (χ4v) is 4.67. The number of hydrogen-bond donors (Lipinski definition) is 1. The van der Waals surface area contributed by atoms with Crippen LogP contribution in [0.2, 0.25) is 0 Å². The van der Waals surface area contributed by atoms with Gasteiger partial charge >= 0.3 is 5.97 Å². The van der Waals surface area contributed by atoms with Crippen LogP contribution in [0.1, 0.15) is 17.2 Å². The fourth-order valence-electron chi connectivity index (χ4n) is 4.67. The summed E-state index contributed by atoms with van der Waals surface area (Å²) in [5.74, 6) is 1.36. The summed E-state index contributed by atoms with van der Waals surface area (Å²) in [4.78, 5) is 12.5. The summed E-state index contributed by atoms with van der Waals surface area (Å²) in [7, 11) is 4.64. The molecule has 2 aromatic carbocycles. The highest BCUT2D eigenvalue weighted by atomic mass is 16.7. The van der Waals surface area contributed by atoms with Gasteiger partial charge in [0.2, 0.25) is 12.5 Å². The molecule has 3 aliphatic rings. The van der Waals surface area contributed by atoms with Gasteiger partial charge in [0.15, 0.2) is 23.0 Å². The second-order valence-electron chi connectivity index (χ2n) is 7.52. The Morgan fingerprint density at radius 3 is 2.40 bits per heavy atom. The van der Waals surface area contributed by atoms with Crippen molar-refractivity contribution in [2.45, 2.75) is 12.5 Å². The number of hydrogen-bond acceptors (Lipinski definition) is 8. The number of benzene rings is 2. The Balaban J connectivity index is 1.85. The van der Waals surface area contributed by atoms with Gasteiger partial charge in [-0.1, -0.05) is 0 Å². The summed E-state index contributed by atoms with van der Waals surface area (Å²) < 4.78 is 33.3. The average molecular weight is 414 g/mol. The zero-order chi connectivity index (χ0) is 21.0. The molecule has 1 N–H and O–H groups in total. The lowest BCUT2D eigenvalue weighted by Gasteiger charge is -2.30. The molecule has 0 saturated carbocycles. The zero-order valence-electron chi connectivity index (χ0n) is 16.9. The van der Waals surface area contributed by atoms with Gasteiger partial charge in [0.1, 0.15) is 0 Å². The van der Waals surface area contributed by atoms with Crippen molar-refractivity contribution in [3.8, 4) is 39.9 Å². The van der Waals surface area contributed by atoms with E-state index in [1.807, 2.05) is 12.1 Å². The lowest BCUT2D eigenvalue weighted by molar-refractivity contribution is -0.141. The topological polar surface area (TPSA) is 92.7 Å². The molecule has 0 radical (unpaired) electrons. The van der Waals surface area contributed by atoms with Gasteiger partial charge in [0.05, 0.1) is 40.0 Å². The van der Waals surface area contributed by atoms with Crippen LogP contribution in [0, 0.1) is 11.8 Å². The predicted octanol–water partition coefficient (Wildman–Crippen LogP) is 2.49. The maximum absolute atomic E-state index is 12.5. The molecule has 5 rings (SSSR count). The van der Waals surface area contributed by atoms with Gasteiger partial charge < -0.3 is 33.5 Å². The minimum absolute atomic E-state index is 0.109. The number of aliphatic hydroxyl groups is 1. The van der Waals surface area contributed by atoms with Gasteiger partial charge in [-0.3, -0.25) is 4.79 Å². The molecule has 0 bridgehead atoms. The van der Waals surface area contributed by atoms with Crippen molar-refractivity contribution in [3.63, 3.8) is 0 Å². The fraction of sp³-hybridized carbons (Fsp3) is 0.409. The highest BCUT2D eigenvalue weighted by Gasteiger charge is 2.45. The quantitative estimate of drug-likeness (QED) is 0.766. The molecule has 2 aliphatic heterocycles. The molecule has 30 heavy (non-hydrogen) atoms. The van der Waals surface area contributed by atoms with Crippen LogP contribution in [-0.4, -0.2) is 45.8 Å². The third-order valence-corrected chi connectivity index (χ3v) is 6.13. The normalized spacial score (nSPS) is 23.5. The molecule has 1 aliphatic carbocycles. The second kappa shape index (κ2) is 6.98. The van der Waals surface area contributed by atoms with Crippen molar-refractivity contribution in [2.75, 3.05) is 34.7 Å². The van der Waals surface area contributed by atoms with Gasteiger partial charge in [-0.05, 0) is 41.3 Å². The molecule has 0 aromatic heterocycles. The average Bonchev–Trinajstić information content (AvgIpc) is 3.36. The van der Waals surface area contributed by atoms with Crippen LogP contribution in [0.5, 0.6) is 28.7 Å². The minimum Gasteiger partial charge on any atom is -0.493 e. The van der Waals surface area contributed by atoms with Gasteiger partial charge in [-0.2, -0.15) is 0 Å². The first-order valence-electron chi connectivity index (χ1n) is 9.67. The predicted molar refractivity (Wildman–Crippen MR) is 104 cm³/mol. The Morgan fingerprint density at radius 2 is 1.70 bits per heavy atom. The summed E-state index contributed by atoms with van der Waals surface area (Å²) >= 11 is 0. The summed E-state index contributed by atoms with van der Waals surface area (Å²) in [6.07, 6.45) is -0.544. The molecule has 0 spiro atoms. The number of ether oxygens (including phenoxy) is 6. The van der Waals surface area contributed by atoms with E-state index in [9.17, 15) is 9.90 Å². The maximum Gasteiger partial charge on any atom is 0.309 e. The number of rotatable bonds is 3. The Morgan fingerprint density at radius 1 is 0.967 bits per heavy atom. The van der Waals surface area contributed by atoms with E-state index in [2.05, 4.69) is 0 Å². The van der Waals surface area contributed by atoms with Crippen molar-refractivity contribution in [1.82, 2.24) is 0 Å². The smallest absolute Gasteiger partial charge is 0.309 e. The van der Waals surface area contributed by atoms with E-state index < -0.39 is 12.0 Å². The van der Waals surface area contributed by atoms with Crippen LogP contribution < -0.4 is 23.7 Å². The first-order chi connectivity index (χ1) is 14.6. The van der Waals surface area contributed by atoms with Crippen LogP contribution in [0.3, 0.4) is 0 Å². The van der Waals surface area contributed by atoms with E-state index in [-0.39, 0.29) is 25.3 Å². The number of carbonyl (C=O) groups is 1. The molecule has 8 heteroatoms. The largest absolute Gasteiger partial charge is 0.493 e. The van der Waals surface area contributed by atoms with Gasteiger partial charge in [0.25, 0.3) is 0 Å². The molecular weight excluding hydrogens is 392 g/mol. The molecular formula is C22H22O8. The van der Waals surface area contributed by atoms with Crippen LogP contribution in [0.15, 0.2) is 18.2 Å². The lowest BCUT2D eigenvalue weighted by atomic mass is 9.76. The summed E-state index contributed by atoms with van der Waals surface area (Å²) in [6.45, 7) is 0.274. The third kappa shape index (κ3) is 2.60. The Kier molecular flexibility index (Phi) is 4.39. The van der Waals surface area contributed by atoms with Gasteiger partial charge in [0, 0.05) is 11.5 Å². The van der Waals surface area contributed by atoms with Crippen molar-refractivity contribution < 1.29 is 38.3 Å². The first-order valence-corrected chi connectivity index (χ1v) is 9.67. The lowest BCUT2D eigenvalue weighted by Crippen LogP contribution is -2.27. The summed E-state index contributed by atoms with van der Waals surface area (Å²) in [5, 5.41) is 11.3. The number of esters is 1. The molecule has 0 amide bonds. The molecule has 1 saturated heterocycles. The molecule has 0 unspecified atom stereocenters.